The Kier molecular flexibility index (Phi) is 4.11. The summed E-state index contributed by atoms with van der Waals surface area (Å²) in [5, 5.41) is 1.02. The summed E-state index contributed by atoms with van der Waals surface area (Å²) in [5.74, 6) is -0.0488. The molecule has 2 aromatic heterocycles. The van der Waals surface area contributed by atoms with Gasteiger partial charge in [-0.25, -0.2) is 23.4 Å². The molecule has 0 aliphatic carbocycles. The number of nitrogens with one attached hydrogen (secondary N) is 1. The van der Waals surface area contributed by atoms with Crippen LogP contribution in [0.5, 0.6) is 5.88 Å². The van der Waals surface area contributed by atoms with Gasteiger partial charge in [-0.2, -0.15) is 0 Å². The number of fused-ring (bicyclic) bond motifs is 1. The lowest BCUT2D eigenvalue weighted by Crippen LogP contribution is -2.14. The SMILES string of the molecule is [B]S(=O)(=O)Nc1nccnc1OCc1ccc2ccccc2n1. The Balaban J connectivity index is 1.79. The van der Waals surface area contributed by atoms with Crippen molar-refractivity contribution in [2.24, 2.45) is 0 Å². The molecule has 9 heteroatoms. The molecule has 2 heterocycles. The normalized spacial score (nSPS) is 11.3. The van der Waals surface area contributed by atoms with E-state index in [-0.39, 0.29) is 18.3 Å². The molecule has 3 aromatic rings. The second-order valence-corrected chi connectivity index (χ2v) is 5.94. The maximum Gasteiger partial charge on any atom is 0.285 e. The third-order valence-corrected chi connectivity index (χ3v) is 3.39. The molecule has 23 heavy (non-hydrogen) atoms. The third-order valence-electron chi connectivity index (χ3n) is 2.92. The summed E-state index contributed by atoms with van der Waals surface area (Å²) in [6.07, 6.45) is 2.71. The molecule has 1 aromatic carbocycles. The minimum Gasteiger partial charge on any atom is -0.469 e. The van der Waals surface area contributed by atoms with Gasteiger partial charge in [0, 0.05) is 17.8 Å². The Morgan fingerprint density at radius 1 is 1.09 bits per heavy atom. The third kappa shape index (κ3) is 3.95. The highest BCUT2D eigenvalue weighted by molar-refractivity contribution is 8.13. The molecule has 0 fully saturated rings. The van der Waals surface area contributed by atoms with Crippen molar-refractivity contribution in [3.63, 3.8) is 0 Å². The molecule has 0 spiro atoms. The van der Waals surface area contributed by atoms with Gasteiger partial charge in [-0.15, -0.1) is 0 Å². The molecular weight excluding hydrogens is 315 g/mol. The number of hydrogen-bond acceptors (Lipinski definition) is 6. The van der Waals surface area contributed by atoms with E-state index in [2.05, 4.69) is 15.0 Å². The molecule has 0 amide bonds. The lowest BCUT2D eigenvalue weighted by molar-refractivity contribution is 0.290. The number of hydrogen-bond donors (Lipinski definition) is 1. The van der Waals surface area contributed by atoms with E-state index < -0.39 is 9.87 Å². The van der Waals surface area contributed by atoms with E-state index in [1.165, 1.54) is 12.4 Å². The predicted molar refractivity (Wildman–Crippen MR) is 86.4 cm³/mol. The van der Waals surface area contributed by atoms with E-state index in [1.54, 1.807) is 0 Å². The zero-order valence-electron chi connectivity index (χ0n) is 11.9. The highest BCUT2D eigenvalue weighted by Crippen LogP contribution is 2.20. The van der Waals surface area contributed by atoms with Crippen LogP contribution in [0.15, 0.2) is 48.8 Å². The molecule has 2 radical (unpaired) electrons. The minimum atomic E-state index is -3.96. The first-order chi connectivity index (χ1) is 11.0. The second-order valence-electron chi connectivity index (χ2n) is 4.64. The van der Waals surface area contributed by atoms with Gasteiger partial charge < -0.3 is 4.74 Å². The van der Waals surface area contributed by atoms with Crippen LogP contribution in [0, 0.1) is 0 Å². The van der Waals surface area contributed by atoms with Gasteiger partial charge in [0.15, 0.2) is 9.87 Å². The summed E-state index contributed by atoms with van der Waals surface area (Å²) in [4.78, 5) is 12.3. The summed E-state index contributed by atoms with van der Waals surface area (Å²) in [6.45, 7) is 0.114. The van der Waals surface area contributed by atoms with Crippen LogP contribution in [0.3, 0.4) is 0 Å². The fourth-order valence-corrected chi connectivity index (χ4v) is 2.38. The molecule has 0 bridgehead atoms. The van der Waals surface area contributed by atoms with E-state index in [4.69, 9.17) is 11.9 Å². The molecule has 0 aliphatic heterocycles. The highest BCUT2D eigenvalue weighted by atomic mass is 32.2. The van der Waals surface area contributed by atoms with Crippen LogP contribution >= 0.6 is 0 Å². The van der Waals surface area contributed by atoms with E-state index in [0.717, 1.165) is 10.9 Å². The summed E-state index contributed by atoms with van der Waals surface area (Å²) in [7, 11) is 0.972. The molecule has 1 N–H and O–H groups in total. The average molecular weight is 326 g/mol. The van der Waals surface area contributed by atoms with Gasteiger partial charge in [-0.05, 0) is 12.1 Å². The van der Waals surface area contributed by atoms with Gasteiger partial charge in [0.05, 0.1) is 11.2 Å². The number of pyridine rings is 1. The Morgan fingerprint density at radius 2 is 1.87 bits per heavy atom. The molecule has 0 saturated heterocycles. The summed E-state index contributed by atoms with van der Waals surface area (Å²) < 4.78 is 29.8. The van der Waals surface area contributed by atoms with Gasteiger partial charge in [0.2, 0.25) is 5.82 Å². The monoisotopic (exact) mass is 326 g/mol. The van der Waals surface area contributed by atoms with E-state index in [1.807, 2.05) is 41.1 Å². The van der Waals surface area contributed by atoms with Gasteiger partial charge in [0.25, 0.3) is 13.0 Å². The maximum absolute atomic E-state index is 11.1. The van der Waals surface area contributed by atoms with Crippen molar-refractivity contribution in [3.8, 4) is 5.88 Å². The van der Waals surface area contributed by atoms with E-state index >= 15 is 0 Å². The Hall–Kier alpha value is -2.68. The molecule has 7 nitrogen and oxygen atoms in total. The minimum absolute atomic E-state index is 0.0245. The molecule has 0 atom stereocenters. The first-order valence-corrected chi connectivity index (χ1v) is 8.15. The van der Waals surface area contributed by atoms with Crippen molar-refractivity contribution in [3.05, 3.63) is 54.5 Å². The fraction of sp³-hybridized carbons (Fsp3) is 0.0714. The molecule has 0 saturated carbocycles. The van der Waals surface area contributed by atoms with Gasteiger partial charge in [-0.1, -0.05) is 24.3 Å². The zero-order chi connectivity index (χ0) is 16.3. The second kappa shape index (κ2) is 6.21. The number of anilines is 1. The van der Waals surface area contributed by atoms with Crippen LogP contribution in [0.4, 0.5) is 5.82 Å². The molecule has 3 rings (SSSR count). The Labute approximate surface area is 134 Å². The van der Waals surface area contributed by atoms with Crippen molar-refractivity contribution in [2.45, 2.75) is 6.61 Å². The number of aromatic nitrogens is 3. The number of rotatable bonds is 5. The lowest BCUT2D eigenvalue weighted by Gasteiger charge is -2.10. The van der Waals surface area contributed by atoms with Crippen LogP contribution in [0.1, 0.15) is 5.69 Å². The Bertz CT molecular complexity index is 949. The molecule has 114 valence electrons. The Morgan fingerprint density at radius 3 is 2.70 bits per heavy atom. The first kappa shape index (κ1) is 15.2. The number of ether oxygens (including phenoxy) is 1. The first-order valence-electron chi connectivity index (χ1n) is 6.60. The maximum atomic E-state index is 11.1. The van der Waals surface area contributed by atoms with E-state index in [9.17, 15) is 8.42 Å². The summed E-state index contributed by atoms with van der Waals surface area (Å²) >= 11 is 0. The molecule has 0 aliphatic rings. The van der Waals surface area contributed by atoms with Crippen LogP contribution in [0.2, 0.25) is 0 Å². The molecular formula is C14H11BN4O3S. The lowest BCUT2D eigenvalue weighted by atomic mass is 10.2. The van der Waals surface area contributed by atoms with Crippen LogP contribution in [-0.4, -0.2) is 30.5 Å². The average Bonchev–Trinajstić information content (AvgIpc) is 2.52. The van der Waals surface area contributed by atoms with Crippen molar-refractivity contribution in [1.82, 2.24) is 15.0 Å². The predicted octanol–water partition coefficient (Wildman–Crippen LogP) is 1.43. The quantitative estimate of drug-likeness (QED) is 0.713. The zero-order valence-corrected chi connectivity index (χ0v) is 12.7. The number of benzene rings is 1. The number of nitrogens with zero attached hydrogens (tertiary/aromatic N) is 3. The van der Waals surface area contributed by atoms with Gasteiger partial charge in [0.1, 0.15) is 6.61 Å². The smallest absolute Gasteiger partial charge is 0.285 e. The van der Waals surface area contributed by atoms with Crippen molar-refractivity contribution >= 4 is 33.7 Å². The fourth-order valence-electron chi connectivity index (χ4n) is 1.97. The van der Waals surface area contributed by atoms with E-state index in [0.29, 0.717) is 5.69 Å². The highest BCUT2D eigenvalue weighted by Gasteiger charge is 2.11. The van der Waals surface area contributed by atoms with Crippen molar-refractivity contribution in [1.29, 1.82) is 0 Å². The standard InChI is InChI=1S/C14H11BN4O3S/c15-23(20,21)19-13-14(17-8-7-16-13)22-9-11-6-5-10-3-1-2-4-12(10)18-11/h1-8H,9H2,(H,16,19). The van der Waals surface area contributed by atoms with Crippen LogP contribution < -0.4 is 9.46 Å². The summed E-state index contributed by atoms with van der Waals surface area (Å²) in [5.41, 5.74) is 1.52. The number of para-hydroxylation sites is 1. The largest absolute Gasteiger partial charge is 0.469 e. The van der Waals surface area contributed by atoms with Crippen molar-refractivity contribution < 1.29 is 13.2 Å². The van der Waals surface area contributed by atoms with Crippen LogP contribution in [-0.2, 0) is 16.5 Å². The van der Waals surface area contributed by atoms with Gasteiger partial charge in [-0.3, -0.25) is 4.72 Å². The summed E-state index contributed by atoms with van der Waals surface area (Å²) in [6, 6.07) is 11.5. The molecule has 0 unspecified atom stereocenters. The van der Waals surface area contributed by atoms with Crippen molar-refractivity contribution in [2.75, 3.05) is 4.72 Å². The van der Waals surface area contributed by atoms with Gasteiger partial charge >= 0.3 is 0 Å². The topological polar surface area (TPSA) is 94.1 Å². The van der Waals surface area contributed by atoms with Crippen LogP contribution in [0.25, 0.3) is 10.9 Å².